The molecule has 0 aromatic heterocycles. The Kier molecular flexibility index (Phi) is 5.50. The van der Waals surface area contributed by atoms with E-state index in [0.717, 1.165) is 11.0 Å². The van der Waals surface area contributed by atoms with Crippen molar-refractivity contribution in [1.29, 1.82) is 0 Å². The molecule has 130 valence electrons. The Bertz CT molecular complexity index is 610. The highest BCUT2D eigenvalue weighted by Crippen LogP contribution is 2.38. The molecule has 1 aliphatic heterocycles. The fraction of sp³-hybridized carbons (Fsp3) is 0.471. The molecule has 1 aromatic carbocycles. The minimum Gasteiger partial charge on any atom is -0.400 e. The van der Waals surface area contributed by atoms with Crippen molar-refractivity contribution < 1.29 is 14.1 Å². The van der Waals surface area contributed by atoms with Crippen LogP contribution in [0.2, 0.25) is 0 Å². The van der Waals surface area contributed by atoms with Crippen molar-refractivity contribution in [2.45, 2.75) is 38.9 Å². The van der Waals surface area contributed by atoms with E-state index in [1.165, 1.54) is 0 Å². The predicted octanol–water partition coefficient (Wildman–Crippen LogP) is 1.52. The molecule has 1 heterocycles. The maximum Gasteiger partial charge on any atom is 0.491 e. The van der Waals surface area contributed by atoms with Gasteiger partial charge in [0.15, 0.2) is 0 Å². The summed E-state index contributed by atoms with van der Waals surface area (Å²) >= 11 is 0. The van der Waals surface area contributed by atoms with Gasteiger partial charge in [-0.05, 0) is 57.9 Å². The molecule has 1 fully saturated rings. The summed E-state index contributed by atoms with van der Waals surface area (Å²) in [7, 11) is 1.47. The molecule has 0 saturated carbocycles. The third-order valence-corrected chi connectivity index (χ3v) is 4.59. The maximum atomic E-state index is 11.5. The van der Waals surface area contributed by atoms with Crippen LogP contribution < -0.4 is 16.6 Å². The minimum absolute atomic E-state index is 0.313. The van der Waals surface area contributed by atoms with Crippen LogP contribution in [0.25, 0.3) is 6.08 Å². The standard InChI is InChI=1S/C17H26BN3O3/c1-16(2)17(3,4)24-18(23-16)14(11-20-5)10-12-6-8-13(9-7-12)15(22)21-19/h6-10,20H,11,19H2,1-5H3,(H,21,22). The summed E-state index contributed by atoms with van der Waals surface area (Å²) in [6.07, 6.45) is 2.02. The van der Waals surface area contributed by atoms with Crippen molar-refractivity contribution in [2.75, 3.05) is 13.6 Å². The Labute approximate surface area is 143 Å². The normalized spacial score (nSPS) is 19.4. The van der Waals surface area contributed by atoms with Gasteiger partial charge in [0.05, 0.1) is 11.2 Å². The molecule has 1 amide bonds. The van der Waals surface area contributed by atoms with Crippen LogP contribution in [0.4, 0.5) is 0 Å². The van der Waals surface area contributed by atoms with E-state index in [1.54, 1.807) is 12.1 Å². The van der Waals surface area contributed by atoms with Crippen LogP contribution in [0.3, 0.4) is 0 Å². The molecule has 0 unspecified atom stereocenters. The maximum absolute atomic E-state index is 11.5. The van der Waals surface area contributed by atoms with Gasteiger partial charge in [0.1, 0.15) is 0 Å². The summed E-state index contributed by atoms with van der Waals surface area (Å²) in [6.45, 7) is 8.77. The predicted molar refractivity (Wildman–Crippen MR) is 96.1 cm³/mol. The van der Waals surface area contributed by atoms with Crippen LogP contribution in [-0.4, -0.2) is 37.8 Å². The van der Waals surface area contributed by atoms with Gasteiger partial charge in [-0.2, -0.15) is 0 Å². The number of nitrogen functional groups attached to an aromatic ring is 1. The van der Waals surface area contributed by atoms with Crippen LogP contribution in [0.1, 0.15) is 43.6 Å². The molecule has 0 bridgehead atoms. The zero-order valence-electron chi connectivity index (χ0n) is 15.0. The molecule has 6 nitrogen and oxygen atoms in total. The molecule has 0 radical (unpaired) electrons. The molecule has 4 N–H and O–H groups in total. The van der Waals surface area contributed by atoms with E-state index in [9.17, 15) is 4.79 Å². The summed E-state index contributed by atoms with van der Waals surface area (Å²) in [5.74, 6) is 4.83. The molecular weight excluding hydrogens is 305 g/mol. The molecular formula is C17H26BN3O3. The van der Waals surface area contributed by atoms with Crippen molar-refractivity contribution in [2.24, 2.45) is 5.84 Å². The molecule has 1 aliphatic rings. The molecule has 7 heteroatoms. The quantitative estimate of drug-likeness (QED) is 0.330. The van der Waals surface area contributed by atoms with Crippen LogP contribution >= 0.6 is 0 Å². The van der Waals surface area contributed by atoms with Gasteiger partial charge >= 0.3 is 7.12 Å². The topological polar surface area (TPSA) is 85.6 Å². The van der Waals surface area contributed by atoms with Gasteiger partial charge in [-0.3, -0.25) is 10.2 Å². The third kappa shape index (κ3) is 3.87. The lowest BCUT2D eigenvalue weighted by molar-refractivity contribution is 0.00578. The fourth-order valence-electron chi connectivity index (χ4n) is 2.43. The number of amides is 1. The second-order valence-electron chi connectivity index (χ2n) is 6.93. The number of carbonyl (C=O) groups is 1. The number of benzene rings is 1. The highest BCUT2D eigenvalue weighted by atomic mass is 16.7. The van der Waals surface area contributed by atoms with Crippen LogP contribution in [0, 0.1) is 0 Å². The molecule has 0 atom stereocenters. The van der Waals surface area contributed by atoms with Gasteiger partial charge in [-0.25, -0.2) is 5.84 Å². The summed E-state index contributed by atoms with van der Waals surface area (Å²) in [5, 5.41) is 3.15. The highest BCUT2D eigenvalue weighted by molar-refractivity contribution is 6.55. The second kappa shape index (κ2) is 7.07. The van der Waals surface area contributed by atoms with Crippen molar-refractivity contribution in [3.63, 3.8) is 0 Å². The van der Waals surface area contributed by atoms with E-state index in [2.05, 4.69) is 10.7 Å². The molecule has 1 saturated heterocycles. The SMILES string of the molecule is CNCC(=Cc1ccc(C(=O)NN)cc1)B1OC(C)(C)C(C)(C)O1. The summed E-state index contributed by atoms with van der Waals surface area (Å²) in [5.41, 5.74) is 3.83. The minimum atomic E-state index is -0.408. The zero-order valence-corrected chi connectivity index (χ0v) is 15.0. The lowest BCUT2D eigenvalue weighted by atomic mass is 9.77. The number of rotatable bonds is 5. The average Bonchev–Trinajstić information content (AvgIpc) is 2.75. The van der Waals surface area contributed by atoms with Crippen molar-refractivity contribution >= 4 is 19.1 Å². The van der Waals surface area contributed by atoms with E-state index < -0.39 is 7.12 Å². The van der Waals surface area contributed by atoms with Gasteiger partial charge in [-0.1, -0.05) is 18.2 Å². The first-order valence-corrected chi connectivity index (χ1v) is 8.02. The Hall–Kier alpha value is -1.67. The van der Waals surface area contributed by atoms with Gasteiger partial charge in [0.2, 0.25) is 0 Å². The Balaban J connectivity index is 2.24. The molecule has 1 aromatic rings. The Morgan fingerprint density at radius 1 is 1.17 bits per heavy atom. The fourth-order valence-corrected chi connectivity index (χ4v) is 2.43. The van der Waals surface area contributed by atoms with Gasteiger partial charge in [0, 0.05) is 12.1 Å². The number of hydrazine groups is 1. The van der Waals surface area contributed by atoms with Crippen LogP contribution in [0.5, 0.6) is 0 Å². The van der Waals surface area contributed by atoms with E-state index in [-0.39, 0.29) is 17.1 Å². The lowest BCUT2D eigenvalue weighted by Crippen LogP contribution is -2.41. The number of hydrogen-bond acceptors (Lipinski definition) is 5. The van der Waals surface area contributed by atoms with Crippen LogP contribution in [-0.2, 0) is 9.31 Å². The zero-order chi connectivity index (χ0) is 18.0. The van der Waals surface area contributed by atoms with E-state index in [0.29, 0.717) is 12.1 Å². The van der Waals surface area contributed by atoms with Gasteiger partial charge < -0.3 is 14.6 Å². The average molecular weight is 331 g/mol. The smallest absolute Gasteiger partial charge is 0.400 e. The Morgan fingerprint density at radius 3 is 2.17 bits per heavy atom. The van der Waals surface area contributed by atoms with E-state index >= 15 is 0 Å². The summed E-state index contributed by atoms with van der Waals surface area (Å²) in [6, 6.07) is 7.20. The van der Waals surface area contributed by atoms with Crippen molar-refractivity contribution in [3.05, 3.63) is 40.9 Å². The number of nitrogens with one attached hydrogen (secondary N) is 2. The largest absolute Gasteiger partial charge is 0.491 e. The van der Waals surface area contributed by atoms with Crippen molar-refractivity contribution in [1.82, 2.24) is 10.7 Å². The van der Waals surface area contributed by atoms with Crippen molar-refractivity contribution in [3.8, 4) is 0 Å². The van der Waals surface area contributed by atoms with Gasteiger partial charge in [0.25, 0.3) is 5.91 Å². The van der Waals surface area contributed by atoms with Gasteiger partial charge in [-0.15, -0.1) is 0 Å². The summed E-state index contributed by atoms with van der Waals surface area (Å²) in [4.78, 5) is 11.5. The summed E-state index contributed by atoms with van der Waals surface area (Å²) < 4.78 is 12.2. The first-order valence-electron chi connectivity index (χ1n) is 8.02. The Morgan fingerprint density at radius 2 is 1.71 bits per heavy atom. The molecule has 2 rings (SSSR count). The van der Waals surface area contributed by atoms with Crippen LogP contribution in [0.15, 0.2) is 29.7 Å². The van der Waals surface area contributed by atoms with E-state index in [1.807, 2.05) is 53.0 Å². The number of nitrogens with two attached hydrogens (primary N) is 1. The first-order chi connectivity index (χ1) is 11.2. The number of carbonyl (C=O) groups excluding carboxylic acids is 1. The number of hydrogen-bond donors (Lipinski definition) is 3. The first kappa shape index (κ1) is 18.7. The molecule has 0 aliphatic carbocycles. The molecule has 0 spiro atoms. The number of likely N-dealkylation sites (N-methyl/N-ethyl adjacent to an activating group) is 1. The highest BCUT2D eigenvalue weighted by Gasteiger charge is 2.52. The monoisotopic (exact) mass is 331 g/mol. The molecule has 24 heavy (non-hydrogen) atoms. The lowest BCUT2D eigenvalue weighted by Gasteiger charge is -2.32. The van der Waals surface area contributed by atoms with E-state index in [4.69, 9.17) is 15.2 Å². The third-order valence-electron chi connectivity index (χ3n) is 4.59. The second-order valence-corrected chi connectivity index (χ2v) is 6.93.